The molecule has 2 saturated carbocycles. The van der Waals surface area contributed by atoms with E-state index in [1.165, 1.54) is 25.7 Å². The summed E-state index contributed by atoms with van der Waals surface area (Å²) in [4.78, 5) is 18.4. The van der Waals surface area contributed by atoms with E-state index in [2.05, 4.69) is 15.4 Å². The van der Waals surface area contributed by atoms with Gasteiger partial charge in [0, 0.05) is 26.2 Å². The van der Waals surface area contributed by atoms with E-state index < -0.39 is 0 Å². The van der Waals surface area contributed by atoms with Gasteiger partial charge in [0.25, 0.3) is 0 Å². The average Bonchev–Trinajstić information content (AvgIpc) is 3.24. The molecule has 2 amide bonds. The Bertz CT molecular complexity index is 560. The van der Waals surface area contributed by atoms with E-state index in [4.69, 9.17) is 4.74 Å². The number of ether oxygens (including phenoxy) is 1. The number of hydrogen-bond acceptors (Lipinski definition) is 4. The zero-order chi connectivity index (χ0) is 16.6. The van der Waals surface area contributed by atoms with E-state index >= 15 is 0 Å². The van der Waals surface area contributed by atoms with Crippen LogP contribution in [0.25, 0.3) is 0 Å². The average molecular weight is 333 g/mol. The van der Waals surface area contributed by atoms with E-state index in [9.17, 15) is 4.79 Å². The van der Waals surface area contributed by atoms with Gasteiger partial charge in [-0.2, -0.15) is 5.10 Å². The molecule has 1 aliphatic heterocycles. The monoisotopic (exact) mass is 333 g/mol. The van der Waals surface area contributed by atoms with Gasteiger partial charge in [0.2, 0.25) is 0 Å². The van der Waals surface area contributed by atoms with E-state index in [1.54, 1.807) is 12.7 Å². The van der Waals surface area contributed by atoms with Crippen molar-refractivity contribution in [2.24, 2.45) is 5.41 Å². The number of rotatable bonds is 3. The lowest BCUT2D eigenvalue weighted by molar-refractivity contribution is -0.0798. The zero-order valence-electron chi connectivity index (χ0n) is 14.4. The second-order valence-corrected chi connectivity index (χ2v) is 7.75. The van der Waals surface area contributed by atoms with Crippen LogP contribution in [-0.2, 0) is 4.74 Å². The molecule has 24 heavy (non-hydrogen) atoms. The minimum absolute atomic E-state index is 0.0851. The van der Waals surface area contributed by atoms with Gasteiger partial charge in [-0.05, 0) is 50.4 Å². The Kier molecular flexibility index (Phi) is 4.20. The SMILES string of the molecule is COC1CC2(CCC(NC(=O)N3CCC(n4cncn4)C3)CC2)C1. The first kappa shape index (κ1) is 15.9. The minimum Gasteiger partial charge on any atom is -0.381 e. The molecule has 1 aromatic heterocycles. The van der Waals surface area contributed by atoms with Crippen LogP contribution in [0.2, 0.25) is 0 Å². The standard InChI is InChI=1S/C17H27N5O2/c1-24-15-8-17(9-15)5-2-13(3-6-17)20-16(23)21-7-4-14(10-21)22-12-18-11-19-22/h11-15H,2-10H2,1H3,(H,20,23). The minimum atomic E-state index is 0.0851. The smallest absolute Gasteiger partial charge is 0.317 e. The summed E-state index contributed by atoms with van der Waals surface area (Å²) >= 11 is 0. The number of carbonyl (C=O) groups excluding carboxylic acids is 1. The van der Waals surface area contributed by atoms with Crippen LogP contribution < -0.4 is 5.32 Å². The highest BCUT2D eigenvalue weighted by molar-refractivity contribution is 5.74. The molecule has 1 saturated heterocycles. The summed E-state index contributed by atoms with van der Waals surface area (Å²) in [6.07, 6.45) is 11.8. The quantitative estimate of drug-likeness (QED) is 0.918. The van der Waals surface area contributed by atoms with Crippen molar-refractivity contribution in [2.75, 3.05) is 20.2 Å². The summed E-state index contributed by atoms with van der Waals surface area (Å²) in [6.45, 7) is 1.52. The van der Waals surface area contributed by atoms with Crippen molar-refractivity contribution in [1.82, 2.24) is 25.0 Å². The number of methoxy groups -OCH3 is 1. The molecule has 2 aliphatic carbocycles. The number of nitrogens with one attached hydrogen (secondary N) is 1. The highest BCUT2D eigenvalue weighted by Gasteiger charge is 2.46. The molecule has 0 aromatic carbocycles. The Morgan fingerprint density at radius 1 is 1.29 bits per heavy atom. The van der Waals surface area contributed by atoms with Crippen molar-refractivity contribution in [1.29, 1.82) is 0 Å². The normalized spacial score (nSPS) is 35.9. The van der Waals surface area contributed by atoms with E-state index in [-0.39, 0.29) is 12.1 Å². The van der Waals surface area contributed by atoms with Crippen LogP contribution >= 0.6 is 0 Å². The van der Waals surface area contributed by atoms with Crippen molar-refractivity contribution >= 4 is 6.03 Å². The summed E-state index contributed by atoms with van der Waals surface area (Å²) in [5.74, 6) is 0. The van der Waals surface area contributed by atoms with Gasteiger partial charge in [-0.25, -0.2) is 14.5 Å². The number of nitrogens with zero attached hydrogens (tertiary/aromatic N) is 4. The summed E-state index contributed by atoms with van der Waals surface area (Å²) < 4.78 is 7.29. The lowest BCUT2D eigenvalue weighted by Crippen LogP contribution is -2.50. The number of urea groups is 1. The first-order valence-electron chi connectivity index (χ1n) is 9.10. The number of hydrogen-bond donors (Lipinski definition) is 1. The van der Waals surface area contributed by atoms with Gasteiger partial charge in [0.05, 0.1) is 12.1 Å². The van der Waals surface area contributed by atoms with Crippen LogP contribution in [0.3, 0.4) is 0 Å². The predicted molar refractivity (Wildman–Crippen MR) is 88.5 cm³/mol. The maximum atomic E-state index is 12.5. The maximum Gasteiger partial charge on any atom is 0.317 e. The number of aromatic nitrogens is 3. The van der Waals surface area contributed by atoms with Crippen molar-refractivity contribution in [3.8, 4) is 0 Å². The van der Waals surface area contributed by atoms with Crippen LogP contribution in [0.15, 0.2) is 12.7 Å². The van der Waals surface area contributed by atoms with Crippen molar-refractivity contribution in [3.05, 3.63) is 12.7 Å². The maximum absolute atomic E-state index is 12.5. The first-order valence-corrected chi connectivity index (χ1v) is 9.10. The van der Waals surface area contributed by atoms with Crippen LogP contribution in [-0.4, -0.2) is 58.0 Å². The lowest BCUT2D eigenvalue weighted by Gasteiger charge is -2.51. The highest BCUT2D eigenvalue weighted by atomic mass is 16.5. The number of likely N-dealkylation sites (tertiary alicyclic amines) is 1. The third kappa shape index (κ3) is 3.01. The summed E-state index contributed by atoms with van der Waals surface area (Å²) in [6, 6.07) is 0.672. The molecule has 0 bridgehead atoms. The third-order valence-corrected chi connectivity index (χ3v) is 6.29. The lowest BCUT2D eigenvalue weighted by atomic mass is 9.58. The van der Waals surface area contributed by atoms with Crippen LogP contribution in [0.5, 0.6) is 0 Å². The van der Waals surface area contributed by atoms with E-state index in [0.29, 0.717) is 17.6 Å². The molecule has 7 nitrogen and oxygen atoms in total. The van der Waals surface area contributed by atoms with E-state index in [0.717, 1.165) is 32.4 Å². The Morgan fingerprint density at radius 2 is 2.08 bits per heavy atom. The van der Waals surface area contributed by atoms with Gasteiger partial charge in [-0.3, -0.25) is 0 Å². The zero-order valence-corrected chi connectivity index (χ0v) is 14.4. The largest absolute Gasteiger partial charge is 0.381 e. The van der Waals surface area contributed by atoms with Crippen LogP contribution in [0.4, 0.5) is 4.79 Å². The predicted octanol–water partition coefficient (Wildman–Crippen LogP) is 1.97. The molecule has 7 heteroatoms. The third-order valence-electron chi connectivity index (χ3n) is 6.29. The topological polar surface area (TPSA) is 72.3 Å². The molecule has 1 spiro atoms. The molecule has 2 heterocycles. The molecule has 132 valence electrons. The van der Waals surface area contributed by atoms with Gasteiger partial charge >= 0.3 is 6.03 Å². The van der Waals surface area contributed by atoms with Gasteiger partial charge in [0.15, 0.2) is 0 Å². The molecule has 1 aromatic rings. The van der Waals surface area contributed by atoms with Gasteiger partial charge in [0.1, 0.15) is 12.7 Å². The van der Waals surface area contributed by atoms with Crippen LogP contribution in [0, 0.1) is 5.41 Å². The fourth-order valence-corrected chi connectivity index (χ4v) is 4.67. The second kappa shape index (κ2) is 6.35. The molecular formula is C17H27N5O2. The van der Waals surface area contributed by atoms with Crippen molar-refractivity contribution in [3.63, 3.8) is 0 Å². The van der Waals surface area contributed by atoms with Gasteiger partial charge in [-0.1, -0.05) is 0 Å². The fraction of sp³-hybridized carbons (Fsp3) is 0.824. The number of carbonyl (C=O) groups is 1. The molecule has 1 N–H and O–H groups in total. The summed E-state index contributed by atoms with van der Waals surface area (Å²) in [7, 11) is 1.81. The Morgan fingerprint density at radius 3 is 2.75 bits per heavy atom. The molecule has 1 unspecified atom stereocenters. The second-order valence-electron chi connectivity index (χ2n) is 7.75. The fourth-order valence-electron chi connectivity index (χ4n) is 4.67. The van der Waals surface area contributed by atoms with E-state index in [1.807, 2.05) is 16.7 Å². The molecule has 3 fully saturated rings. The van der Waals surface area contributed by atoms with Crippen LogP contribution in [0.1, 0.15) is 51.0 Å². The van der Waals surface area contributed by atoms with Gasteiger partial charge < -0.3 is 15.0 Å². The molecule has 4 rings (SSSR count). The Labute approximate surface area is 142 Å². The molecule has 3 aliphatic rings. The molecular weight excluding hydrogens is 306 g/mol. The summed E-state index contributed by atoms with van der Waals surface area (Å²) in [5.41, 5.74) is 0.508. The summed E-state index contributed by atoms with van der Waals surface area (Å²) in [5, 5.41) is 7.44. The van der Waals surface area contributed by atoms with Crippen molar-refractivity contribution < 1.29 is 9.53 Å². The number of amides is 2. The molecule has 1 atom stereocenters. The van der Waals surface area contributed by atoms with Gasteiger partial charge in [-0.15, -0.1) is 0 Å². The first-order chi connectivity index (χ1) is 11.7. The Balaban J connectivity index is 1.23. The molecule has 0 radical (unpaired) electrons. The Hall–Kier alpha value is -1.63. The highest BCUT2D eigenvalue weighted by Crippen LogP contribution is 2.52. The van der Waals surface area contributed by atoms with Crippen molar-refractivity contribution in [2.45, 2.75) is 63.1 Å².